The number of pyridine rings is 1. The number of benzene rings is 3. The van der Waals surface area contributed by atoms with E-state index in [0.29, 0.717) is 61.4 Å². The Kier molecular flexibility index (Phi) is 8.24. The predicted molar refractivity (Wildman–Crippen MR) is 161 cm³/mol. The molecule has 0 radical (unpaired) electrons. The molecule has 3 aromatic carbocycles. The van der Waals surface area contributed by atoms with Crippen LogP contribution in [0.15, 0.2) is 72.9 Å². The number of aldehydes is 1. The van der Waals surface area contributed by atoms with Crippen molar-refractivity contribution in [3.8, 4) is 17.2 Å². The van der Waals surface area contributed by atoms with E-state index in [1.165, 1.54) is 48.7 Å². The summed E-state index contributed by atoms with van der Waals surface area (Å²) in [5.74, 6) is -1.39. The van der Waals surface area contributed by atoms with E-state index in [0.717, 1.165) is 6.29 Å². The molecule has 6 rings (SSSR count). The van der Waals surface area contributed by atoms with E-state index in [1.807, 2.05) is 0 Å². The highest BCUT2D eigenvalue weighted by atomic mass is 19.4. The molecule has 0 unspecified atom stereocenters. The van der Waals surface area contributed by atoms with E-state index in [1.54, 1.807) is 29.2 Å². The van der Waals surface area contributed by atoms with Crippen LogP contribution in [0.5, 0.6) is 17.2 Å². The number of fused-ring (bicyclic) bond motifs is 1. The molecule has 9 nitrogen and oxygen atoms in total. The van der Waals surface area contributed by atoms with Crippen molar-refractivity contribution >= 4 is 46.1 Å². The van der Waals surface area contributed by atoms with Crippen molar-refractivity contribution in [2.45, 2.75) is 32.0 Å². The fourth-order valence-corrected chi connectivity index (χ4v) is 5.41. The maximum Gasteiger partial charge on any atom is 0.573 e. The molecule has 1 aliphatic carbocycles. The summed E-state index contributed by atoms with van der Waals surface area (Å²) in [4.78, 5) is 43.1. The Labute approximate surface area is 260 Å². The van der Waals surface area contributed by atoms with Gasteiger partial charge in [0.15, 0.2) is 5.75 Å². The summed E-state index contributed by atoms with van der Waals surface area (Å²) in [5.41, 5.74) is 0.152. The Bertz CT molecular complexity index is 1770. The number of nitrogens with zero attached hydrogens (tertiary/aromatic N) is 2. The number of carbonyl (C=O) groups is 3. The molecule has 0 atom stereocenters. The monoisotopic (exact) mass is 636 g/mol. The van der Waals surface area contributed by atoms with Crippen molar-refractivity contribution in [2.75, 3.05) is 28.6 Å². The van der Waals surface area contributed by atoms with E-state index < -0.39 is 35.2 Å². The van der Waals surface area contributed by atoms with Gasteiger partial charge in [0.05, 0.1) is 11.2 Å². The molecule has 13 heteroatoms. The van der Waals surface area contributed by atoms with Gasteiger partial charge in [0.25, 0.3) is 0 Å². The topological polar surface area (TPSA) is 110 Å². The second-order valence-corrected chi connectivity index (χ2v) is 11.3. The van der Waals surface area contributed by atoms with Crippen molar-refractivity contribution in [2.24, 2.45) is 11.3 Å². The lowest BCUT2D eigenvalue weighted by atomic mass is 9.98. The summed E-state index contributed by atoms with van der Waals surface area (Å²) in [7, 11) is 0. The lowest BCUT2D eigenvalue weighted by Gasteiger charge is -2.33. The molecule has 238 valence electrons. The van der Waals surface area contributed by atoms with Gasteiger partial charge in [-0.3, -0.25) is 14.6 Å². The third kappa shape index (κ3) is 6.72. The summed E-state index contributed by atoms with van der Waals surface area (Å²) in [6.07, 6.45) is -0.828. The molecule has 0 spiro atoms. The van der Waals surface area contributed by atoms with Crippen LogP contribution in [0.25, 0.3) is 10.9 Å². The molecule has 2 N–H and O–H groups in total. The predicted octanol–water partition coefficient (Wildman–Crippen LogP) is 6.84. The van der Waals surface area contributed by atoms with Gasteiger partial charge >= 0.3 is 6.36 Å². The first kappa shape index (κ1) is 30.8. The minimum Gasteiger partial charge on any atom is -0.457 e. The fraction of sp³-hybridized carbons (Fsp3) is 0.273. The minimum atomic E-state index is -4.94. The molecule has 0 bridgehead atoms. The Balaban J connectivity index is 1.17. The zero-order chi connectivity index (χ0) is 32.5. The average Bonchev–Trinajstić information content (AvgIpc) is 3.85. The minimum absolute atomic E-state index is 0.135. The number of piperidine rings is 1. The number of amides is 2. The number of halogens is 4. The van der Waals surface area contributed by atoms with Crippen LogP contribution < -0.4 is 25.0 Å². The Morgan fingerprint density at radius 3 is 2.07 bits per heavy atom. The molecule has 4 aromatic rings. The zero-order valence-electron chi connectivity index (χ0n) is 24.3. The normalized spacial score (nSPS) is 16.0. The van der Waals surface area contributed by atoms with Crippen LogP contribution in [0, 0.1) is 17.2 Å². The quantitative estimate of drug-likeness (QED) is 0.118. The second-order valence-electron chi connectivity index (χ2n) is 11.3. The summed E-state index contributed by atoms with van der Waals surface area (Å²) in [6.45, 7) is 0.782. The Hall–Kier alpha value is -5.20. The van der Waals surface area contributed by atoms with E-state index in [9.17, 15) is 31.9 Å². The van der Waals surface area contributed by atoms with Gasteiger partial charge in [0.1, 0.15) is 29.0 Å². The van der Waals surface area contributed by atoms with Crippen molar-refractivity contribution < 1.29 is 41.4 Å². The fourth-order valence-electron chi connectivity index (χ4n) is 5.41. The van der Waals surface area contributed by atoms with Crippen molar-refractivity contribution in [1.82, 2.24) is 4.98 Å². The molecule has 1 aliphatic heterocycles. The van der Waals surface area contributed by atoms with Gasteiger partial charge in [-0.05, 0) is 92.4 Å². The molecule has 1 aromatic heterocycles. The van der Waals surface area contributed by atoms with Gasteiger partial charge in [-0.15, -0.1) is 13.2 Å². The lowest BCUT2D eigenvalue weighted by molar-refractivity contribution is -0.274. The highest BCUT2D eigenvalue weighted by Gasteiger charge is 2.56. The van der Waals surface area contributed by atoms with E-state index in [4.69, 9.17) is 4.74 Å². The largest absolute Gasteiger partial charge is 0.573 e. The van der Waals surface area contributed by atoms with Crippen LogP contribution in [0.4, 0.5) is 34.6 Å². The highest BCUT2D eigenvalue weighted by molar-refractivity contribution is 6.16. The number of nitrogens with one attached hydrogen (secondary N) is 2. The second kappa shape index (κ2) is 12.3. The van der Waals surface area contributed by atoms with Crippen LogP contribution in [-0.4, -0.2) is 42.5 Å². The van der Waals surface area contributed by atoms with Gasteiger partial charge in [0.2, 0.25) is 11.8 Å². The van der Waals surface area contributed by atoms with Gasteiger partial charge < -0.3 is 29.8 Å². The van der Waals surface area contributed by atoms with E-state index in [2.05, 4.69) is 20.4 Å². The third-order valence-corrected chi connectivity index (χ3v) is 8.14. The highest BCUT2D eigenvalue weighted by Crippen LogP contribution is 2.48. The molecular formula is C33H28F4N4O5. The van der Waals surface area contributed by atoms with Crippen LogP contribution in [-0.2, 0) is 14.4 Å². The molecule has 2 aliphatic rings. The molecule has 1 saturated carbocycles. The third-order valence-electron chi connectivity index (χ3n) is 8.14. The van der Waals surface area contributed by atoms with Crippen molar-refractivity contribution in [1.29, 1.82) is 0 Å². The summed E-state index contributed by atoms with van der Waals surface area (Å²) in [6, 6.07) is 15.8. The maximum absolute atomic E-state index is 13.4. The van der Waals surface area contributed by atoms with Crippen LogP contribution in [0.3, 0.4) is 0 Å². The molecule has 1 saturated heterocycles. The van der Waals surface area contributed by atoms with Crippen LogP contribution in [0.1, 0.15) is 25.7 Å². The van der Waals surface area contributed by atoms with Crippen molar-refractivity contribution in [3.63, 3.8) is 0 Å². The molecule has 2 fully saturated rings. The Morgan fingerprint density at radius 2 is 1.50 bits per heavy atom. The number of rotatable bonds is 9. The first-order valence-corrected chi connectivity index (χ1v) is 14.6. The lowest BCUT2D eigenvalue weighted by Crippen LogP contribution is -2.35. The number of carbonyl (C=O) groups excluding carboxylic acids is 3. The van der Waals surface area contributed by atoms with Gasteiger partial charge in [-0.1, -0.05) is 0 Å². The number of alkyl halides is 3. The number of ether oxygens (including phenoxy) is 2. The molecular weight excluding hydrogens is 608 g/mol. The average molecular weight is 637 g/mol. The number of hydrogen-bond donors (Lipinski definition) is 2. The summed E-state index contributed by atoms with van der Waals surface area (Å²) < 4.78 is 63.9. The van der Waals surface area contributed by atoms with Gasteiger partial charge in [-0.2, -0.15) is 0 Å². The first-order chi connectivity index (χ1) is 22.0. The number of anilines is 3. The molecule has 2 heterocycles. The van der Waals surface area contributed by atoms with Gasteiger partial charge in [-0.25, -0.2) is 4.39 Å². The number of aromatic nitrogens is 1. The summed E-state index contributed by atoms with van der Waals surface area (Å²) >= 11 is 0. The van der Waals surface area contributed by atoms with Crippen LogP contribution in [0.2, 0.25) is 0 Å². The molecule has 2 amide bonds. The number of hydrogen-bond acceptors (Lipinski definition) is 7. The van der Waals surface area contributed by atoms with Crippen molar-refractivity contribution in [3.05, 3.63) is 78.7 Å². The first-order valence-electron chi connectivity index (χ1n) is 14.6. The summed E-state index contributed by atoms with van der Waals surface area (Å²) in [5, 5.41) is 5.68. The van der Waals surface area contributed by atoms with E-state index >= 15 is 0 Å². The standard InChI is InChI=1S/C33H28F4N4O5/c34-21-1-3-22(4-2-21)39-30(43)32(12-13-32)31(44)40-23-5-7-24(8-6-23)45-28-9-14-38-26-18-27(41-15-10-20(19-42)11-16-41)29(17-25(26)28)46-33(35,36)37/h1-9,14,17-20H,10-13,15-16H2,(H,39,43)(H,40,44). The Morgan fingerprint density at radius 1 is 0.891 bits per heavy atom. The van der Waals surface area contributed by atoms with E-state index in [-0.39, 0.29) is 22.7 Å². The smallest absolute Gasteiger partial charge is 0.457 e. The van der Waals surface area contributed by atoms with Crippen LogP contribution >= 0.6 is 0 Å². The molecule has 46 heavy (non-hydrogen) atoms. The maximum atomic E-state index is 13.4. The van der Waals surface area contributed by atoms with Gasteiger partial charge in [0, 0.05) is 42.0 Å². The zero-order valence-corrected chi connectivity index (χ0v) is 24.3. The SMILES string of the molecule is O=CC1CCN(c2cc3nccc(Oc4ccc(NC(=O)C5(C(=O)Nc6ccc(F)cc6)CC5)cc4)c3cc2OC(F)(F)F)CC1.